The molecule has 27 heavy (non-hydrogen) atoms. The van der Waals surface area contributed by atoms with Crippen LogP contribution in [-0.4, -0.2) is 36.2 Å². The van der Waals surface area contributed by atoms with Crippen molar-refractivity contribution < 1.29 is 28.9 Å². The van der Waals surface area contributed by atoms with E-state index in [9.17, 15) is 14.7 Å². The minimum Gasteiger partial charge on any atom is -0.431 e. The molecule has 6 nitrogen and oxygen atoms in total. The van der Waals surface area contributed by atoms with Crippen molar-refractivity contribution >= 4 is 23.7 Å². The number of carbonyl (C=O) groups is 2. The first-order valence-electron chi connectivity index (χ1n) is 8.38. The Morgan fingerprint density at radius 2 is 1.74 bits per heavy atom. The number of aliphatic hydroxyl groups excluding tert-OH is 1. The van der Waals surface area contributed by atoms with Gasteiger partial charge in [-0.1, -0.05) is 48.0 Å². The monoisotopic (exact) mass is 392 g/mol. The van der Waals surface area contributed by atoms with Gasteiger partial charge in [0.25, 0.3) is 0 Å². The number of halogens is 1. The minimum atomic E-state index is -1.37. The van der Waals surface area contributed by atoms with Gasteiger partial charge in [-0.3, -0.25) is 0 Å². The van der Waals surface area contributed by atoms with Crippen LogP contribution in [0.3, 0.4) is 0 Å². The van der Waals surface area contributed by atoms with E-state index in [0.717, 1.165) is 16.7 Å². The molecule has 0 aliphatic rings. The van der Waals surface area contributed by atoms with E-state index in [1.165, 1.54) is 0 Å². The lowest BCUT2D eigenvalue weighted by molar-refractivity contribution is -0.163. The Balaban J connectivity index is 1.83. The van der Waals surface area contributed by atoms with Crippen molar-refractivity contribution in [2.24, 2.45) is 0 Å². The summed E-state index contributed by atoms with van der Waals surface area (Å²) in [6, 6.07) is 14.8. The first kappa shape index (κ1) is 20.7. The van der Waals surface area contributed by atoms with E-state index < -0.39 is 25.0 Å². The molecule has 0 heterocycles. The van der Waals surface area contributed by atoms with Crippen LogP contribution in [0.2, 0.25) is 5.02 Å². The molecule has 2 rings (SSSR count). The molecule has 2 aromatic rings. The molecule has 0 saturated heterocycles. The van der Waals surface area contributed by atoms with E-state index in [0.29, 0.717) is 5.02 Å². The van der Waals surface area contributed by atoms with Crippen LogP contribution in [0, 0.1) is 0 Å². The molecule has 0 bridgehead atoms. The normalized spacial score (nSPS) is 11.7. The van der Waals surface area contributed by atoms with Gasteiger partial charge < -0.3 is 19.3 Å². The molecule has 0 saturated carbocycles. The third kappa shape index (κ3) is 6.92. The fourth-order valence-corrected chi connectivity index (χ4v) is 2.46. The zero-order valence-corrected chi connectivity index (χ0v) is 15.8. The Kier molecular flexibility index (Phi) is 7.64. The molecule has 1 N–H and O–H groups in total. The van der Waals surface area contributed by atoms with Crippen molar-refractivity contribution in [2.45, 2.75) is 32.5 Å². The lowest BCUT2D eigenvalue weighted by Crippen LogP contribution is -2.27. The highest BCUT2D eigenvalue weighted by Gasteiger charge is 2.18. The predicted octanol–water partition coefficient (Wildman–Crippen LogP) is 3.97. The van der Waals surface area contributed by atoms with Gasteiger partial charge in [-0.2, -0.15) is 0 Å². The highest BCUT2D eigenvalue weighted by atomic mass is 35.5. The van der Waals surface area contributed by atoms with Crippen LogP contribution >= 0.6 is 11.6 Å². The molecule has 0 aliphatic carbocycles. The first-order valence-corrected chi connectivity index (χ1v) is 8.76. The van der Waals surface area contributed by atoms with E-state index in [-0.39, 0.29) is 12.5 Å². The fourth-order valence-electron chi connectivity index (χ4n) is 2.27. The number of ether oxygens (including phenoxy) is 3. The molecule has 2 aromatic carbocycles. The molecule has 0 radical (unpaired) electrons. The Bertz CT molecular complexity index is 772. The smallest absolute Gasteiger partial charge is 0.431 e. The van der Waals surface area contributed by atoms with Crippen LogP contribution in [0.1, 0.15) is 19.4 Å². The van der Waals surface area contributed by atoms with Crippen molar-refractivity contribution in [1.82, 2.24) is 0 Å². The maximum absolute atomic E-state index is 11.8. The predicted molar refractivity (Wildman–Crippen MR) is 100 cm³/mol. The van der Waals surface area contributed by atoms with Gasteiger partial charge in [0.2, 0.25) is 6.79 Å². The summed E-state index contributed by atoms with van der Waals surface area (Å²) < 4.78 is 14.0. The molecule has 0 aromatic heterocycles. The van der Waals surface area contributed by atoms with Crippen molar-refractivity contribution in [3.05, 3.63) is 59.1 Å². The Labute approximate surface area is 162 Å². The number of esters is 1. The molecular formula is C20H21ClO6. The van der Waals surface area contributed by atoms with Gasteiger partial charge in [0.15, 0.2) is 6.10 Å². The number of rotatable bonds is 7. The molecule has 0 spiro atoms. The molecule has 144 valence electrons. The summed E-state index contributed by atoms with van der Waals surface area (Å²) in [7, 11) is 0. The summed E-state index contributed by atoms with van der Waals surface area (Å²) in [4.78, 5) is 22.9. The number of benzene rings is 2. The maximum atomic E-state index is 11.8. The molecule has 1 unspecified atom stereocenters. The van der Waals surface area contributed by atoms with E-state index in [4.69, 9.17) is 21.1 Å². The second kappa shape index (κ2) is 9.94. The van der Waals surface area contributed by atoms with Crippen molar-refractivity contribution in [1.29, 1.82) is 0 Å². The molecule has 1 atom stereocenters. The lowest BCUT2D eigenvalue weighted by Gasteiger charge is -2.12. The summed E-state index contributed by atoms with van der Waals surface area (Å²) in [6.07, 6.45) is -2.57. The summed E-state index contributed by atoms with van der Waals surface area (Å²) in [5.74, 6) is -0.883. The SMILES string of the molecule is CC(C)OC(=O)OCOC(=O)C(O)Cc1ccc(-c2cccc(Cl)c2)cc1. The third-order valence-corrected chi connectivity index (χ3v) is 3.76. The maximum Gasteiger partial charge on any atom is 0.511 e. The number of aliphatic hydroxyl groups is 1. The third-order valence-electron chi connectivity index (χ3n) is 3.52. The van der Waals surface area contributed by atoms with Gasteiger partial charge in [0, 0.05) is 11.4 Å². The van der Waals surface area contributed by atoms with Gasteiger partial charge >= 0.3 is 12.1 Å². The highest BCUT2D eigenvalue weighted by molar-refractivity contribution is 6.30. The Hall–Kier alpha value is -2.57. The van der Waals surface area contributed by atoms with Crippen molar-refractivity contribution in [3.63, 3.8) is 0 Å². The van der Waals surface area contributed by atoms with Crippen LogP contribution < -0.4 is 0 Å². The number of hydrogen-bond donors (Lipinski definition) is 1. The molecule has 7 heteroatoms. The van der Waals surface area contributed by atoms with E-state index in [1.54, 1.807) is 19.9 Å². The van der Waals surface area contributed by atoms with Gasteiger partial charge in [0.1, 0.15) is 0 Å². The Morgan fingerprint density at radius 1 is 1.04 bits per heavy atom. The van der Waals surface area contributed by atoms with Gasteiger partial charge in [-0.25, -0.2) is 9.59 Å². The summed E-state index contributed by atoms with van der Waals surface area (Å²) in [5, 5.41) is 10.6. The molecule has 0 amide bonds. The van der Waals surface area contributed by atoms with Gasteiger partial charge in [0.05, 0.1) is 6.10 Å². The van der Waals surface area contributed by atoms with Gasteiger partial charge in [-0.15, -0.1) is 0 Å². The Morgan fingerprint density at radius 3 is 2.37 bits per heavy atom. The van der Waals surface area contributed by atoms with E-state index >= 15 is 0 Å². The molecule has 0 fully saturated rings. The standard InChI is InChI=1S/C20H21ClO6/c1-13(2)27-20(24)26-12-25-19(23)18(22)10-14-6-8-15(9-7-14)16-4-3-5-17(21)11-16/h3-9,11,13,18,22H,10,12H2,1-2H3. The summed E-state index contributed by atoms with van der Waals surface area (Å²) in [6.45, 7) is 2.71. The summed E-state index contributed by atoms with van der Waals surface area (Å²) >= 11 is 5.99. The zero-order chi connectivity index (χ0) is 19.8. The topological polar surface area (TPSA) is 82.1 Å². The quantitative estimate of drug-likeness (QED) is 0.567. The van der Waals surface area contributed by atoms with Crippen LogP contribution in [0.25, 0.3) is 11.1 Å². The fraction of sp³-hybridized carbons (Fsp3) is 0.300. The van der Waals surface area contributed by atoms with Crippen LogP contribution in [-0.2, 0) is 25.4 Å². The van der Waals surface area contributed by atoms with Gasteiger partial charge in [-0.05, 0) is 42.7 Å². The average molecular weight is 393 g/mol. The second-order valence-corrected chi connectivity index (χ2v) is 6.51. The van der Waals surface area contributed by atoms with Crippen LogP contribution in [0.5, 0.6) is 0 Å². The van der Waals surface area contributed by atoms with E-state index in [1.807, 2.05) is 42.5 Å². The first-order chi connectivity index (χ1) is 12.8. The van der Waals surface area contributed by atoms with Crippen molar-refractivity contribution in [3.8, 4) is 11.1 Å². The van der Waals surface area contributed by atoms with Crippen molar-refractivity contribution in [2.75, 3.05) is 6.79 Å². The number of carbonyl (C=O) groups excluding carboxylic acids is 2. The largest absolute Gasteiger partial charge is 0.511 e. The minimum absolute atomic E-state index is 0.0745. The summed E-state index contributed by atoms with van der Waals surface area (Å²) in [5.41, 5.74) is 2.69. The zero-order valence-electron chi connectivity index (χ0n) is 15.1. The highest BCUT2D eigenvalue weighted by Crippen LogP contribution is 2.23. The van der Waals surface area contributed by atoms with E-state index in [2.05, 4.69) is 4.74 Å². The molecule has 0 aliphatic heterocycles. The van der Waals surface area contributed by atoms with Crippen LogP contribution in [0.4, 0.5) is 4.79 Å². The lowest BCUT2D eigenvalue weighted by atomic mass is 10.0. The second-order valence-electron chi connectivity index (χ2n) is 6.07. The number of hydrogen-bond acceptors (Lipinski definition) is 6. The average Bonchev–Trinajstić information content (AvgIpc) is 2.61. The molecular weight excluding hydrogens is 372 g/mol. The van der Waals surface area contributed by atoms with Crippen LogP contribution in [0.15, 0.2) is 48.5 Å².